The maximum atomic E-state index is 13.0. The molecule has 3 rings (SSSR count). The average Bonchev–Trinajstić information content (AvgIpc) is 2.70. The number of sulfonamides is 1. The third-order valence-electron chi connectivity index (χ3n) is 4.30. The number of rotatable bonds is 5. The maximum Gasteiger partial charge on any atom is 0.264 e. The van der Waals surface area contributed by atoms with Crippen LogP contribution >= 0.6 is 23.2 Å². The lowest BCUT2D eigenvalue weighted by molar-refractivity contribution is 0.102. The number of halogens is 2. The molecule has 0 bridgehead atoms. The van der Waals surface area contributed by atoms with Crippen molar-refractivity contribution in [3.8, 4) is 0 Å². The number of aryl methyl sites for hydroxylation is 1. The zero-order valence-corrected chi connectivity index (χ0v) is 18.0. The Balaban J connectivity index is 1.90. The molecule has 0 spiro atoms. The monoisotopic (exact) mass is 448 g/mol. The predicted molar refractivity (Wildman–Crippen MR) is 118 cm³/mol. The van der Waals surface area contributed by atoms with E-state index in [9.17, 15) is 13.2 Å². The van der Waals surface area contributed by atoms with Crippen LogP contribution in [0.5, 0.6) is 0 Å². The molecule has 0 aromatic heterocycles. The zero-order chi connectivity index (χ0) is 21.2. The Morgan fingerprint density at radius 3 is 2.41 bits per heavy atom. The first-order valence-corrected chi connectivity index (χ1v) is 10.8. The molecule has 0 aliphatic carbocycles. The predicted octanol–water partition coefficient (Wildman–Crippen LogP) is 5.38. The van der Waals surface area contributed by atoms with Crippen molar-refractivity contribution in [3.63, 3.8) is 0 Å². The molecule has 3 aromatic rings. The third kappa shape index (κ3) is 4.72. The molecule has 0 atom stereocenters. The fourth-order valence-corrected chi connectivity index (χ4v) is 4.28. The average molecular weight is 449 g/mol. The summed E-state index contributed by atoms with van der Waals surface area (Å²) < 4.78 is 27.2. The van der Waals surface area contributed by atoms with Gasteiger partial charge in [0, 0.05) is 17.6 Å². The number of carbonyl (C=O) groups excluding carboxylic acids is 1. The second kappa shape index (κ2) is 8.45. The smallest absolute Gasteiger partial charge is 0.264 e. The molecule has 0 saturated carbocycles. The number of carbonyl (C=O) groups is 1. The summed E-state index contributed by atoms with van der Waals surface area (Å²) in [6.45, 7) is 1.88. The van der Waals surface area contributed by atoms with Gasteiger partial charge in [-0.25, -0.2) is 8.42 Å². The van der Waals surface area contributed by atoms with Crippen molar-refractivity contribution < 1.29 is 13.2 Å². The highest BCUT2D eigenvalue weighted by Gasteiger charge is 2.22. The summed E-state index contributed by atoms with van der Waals surface area (Å²) in [7, 11) is -2.37. The van der Waals surface area contributed by atoms with Crippen molar-refractivity contribution in [2.75, 3.05) is 16.7 Å². The second-order valence-electron chi connectivity index (χ2n) is 6.42. The molecule has 0 radical (unpaired) electrons. The van der Waals surface area contributed by atoms with Gasteiger partial charge in [-0.3, -0.25) is 9.10 Å². The number of anilines is 2. The molecule has 0 saturated heterocycles. The van der Waals surface area contributed by atoms with Gasteiger partial charge in [0.25, 0.3) is 15.9 Å². The second-order valence-corrected chi connectivity index (χ2v) is 9.23. The number of hydrogen-bond donors (Lipinski definition) is 1. The van der Waals surface area contributed by atoms with Crippen LogP contribution in [0.2, 0.25) is 10.0 Å². The standard InChI is InChI=1S/C21H18Cl2N2O3S/c1-14-5-3-7-17(11-14)25(2)29(27,28)18-8-4-6-15(12-18)21(26)24-20-13-16(22)9-10-19(20)23/h3-13H,1-2H3,(H,24,26). The Hall–Kier alpha value is -2.54. The number of nitrogens with zero attached hydrogens (tertiary/aromatic N) is 1. The molecule has 1 N–H and O–H groups in total. The Bertz CT molecular complexity index is 1180. The normalized spacial score (nSPS) is 11.2. The quantitative estimate of drug-likeness (QED) is 0.569. The molecule has 0 heterocycles. The first kappa shape index (κ1) is 21.2. The molecule has 0 unspecified atom stereocenters. The van der Waals surface area contributed by atoms with Gasteiger partial charge in [0.1, 0.15) is 0 Å². The van der Waals surface area contributed by atoms with Crippen LogP contribution in [0, 0.1) is 6.92 Å². The number of amides is 1. The summed E-state index contributed by atoms with van der Waals surface area (Å²) in [5.41, 5.74) is 2.00. The number of nitrogens with one attached hydrogen (secondary N) is 1. The van der Waals surface area contributed by atoms with Gasteiger partial charge in [0.2, 0.25) is 0 Å². The molecule has 0 fully saturated rings. The van der Waals surface area contributed by atoms with Crippen LogP contribution in [-0.4, -0.2) is 21.4 Å². The van der Waals surface area contributed by atoms with Crippen molar-refractivity contribution in [3.05, 3.63) is 87.9 Å². The van der Waals surface area contributed by atoms with E-state index in [1.54, 1.807) is 30.3 Å². The van der Waals surface area contributed by atoms with Gasteiger partial charge in [-0.15, -0.1) is 0 Å². The van der Waals surface area contributed by atoms with Crippen molar-refractivity contribution in [1.82, 2.24) is 0 Å². The summed E-state index contributed by atoms with van der Waals surface area (Å²) >= 11 is 12.0. The molecular weight excluding hydrogens is 431 g/mol. The fraction of sp³-hybridized carbons (Fsp3) is 0.0952. The molecule has 0 aliphatic heterocycles. The first-order chi connectivity index (χ1) is 13.7. The van der Waals surface area contributed by atoms with Crippen molar-refractivity contribution >= 4 is 50.5 Å². The van der Waals surface area contributed by atoms with Crippen LogP contribution in [0.3, 0.4) is 0 Å². The van der Waals surface area contributed by atoms with Gasteiger partial charge in [0.15, 0.2) is 0 Å². The lowest BCUT2D eigenvalue weighted by Crippen LogP contribution is -2.27. The van der Waals surface area contributed by atoms with E-state index in [0.717, 1.165) is 5.56 Å². The lowest BCUT2D eigenvalue weighted by Gasteiger charge is -2.20. The number of benzene rings is 3. The maximum absolute atomic E-state index is 13.0. The minimum Gasteiger partial charge on any atom is -0.321 e. The van der Waals surface area contributed by atoms with E-state index in [-0.39, 0.29) is 10.5 Å². The minimum absolute atomic E-state index is 0.00588. The molecule has 5 nitrogen and oxygen atoms in total. The molecular formula is C21H18Cl2N2O3S. The largest absolute Gasteiger partial charge is 0.321 e. The zero-order valence-electron chi connectivity index (χ0n) is 15.7. The van der Waals surface area contributed by atoms with Gasteiger partial charge < -0.3 is 5.32 Å². The van der Waals surface area contributed by atoms with Crippen molar-refractivity contribution in [1.29, 1.82) is 0 Å². The summed E-state index contributed by atoms with van der Waals surface area (Å²) in [5, 5.41) is 3.39. The topological polar surface area (TPSA) is 66.5 Å². The molecule has 8 heteroatoms. The minimum atomic E-state index is -3.85. The van der Waals surface area contributed by atoms with Crippen molar-refractivity contribution in [2.45, 2.75) is 11.8 Å². The molecule has 0 aliphatic rings. The van der Waals surface area contributed by atoms with E-state index in [1.165, 1.54) is 41.7 Å². The van der Waals surface area contributed by atoms with Crippen LogP contribution in [0.25, 0.3) is 0 Å². The molecule has 1 amide bonds. The summed E-state index contributed by atoms with van der Waals surface area (Å²) in [4.78, 5) is 12.6. The van der Waals surface area contributed by atoms with E-state index < -0.39 is 15.9 Å². The van der Waals surface area contributed by atoms with Gasteiger partial charge in [-0.05, 0) is 61.0 Å². The molecule has 3 aromatic carbocycles. The van der Waals surface area contributed by atoms with E-state index in [4.69, 9.17) is 23.2 Å². The Labute approximate surface area is 179 Å². The SMILES string of the molecule is Cc1cccc(N(C)S(=O)(=O)c2cccc(C(=O)Nc3cc(Cl)ccc3Cl)c2)c1. The van der Waals surface area contributed by atoms with E-state index in [1.807, 2.05) is 13.0 Å². The number of hydrogen-bond acceptors (Lipinski definition) is 3. The Morgan fingerprint density at radius 2 is 1.69 bits per heavy atom. The Kier molecular flexibility index (Phi) is 6.17. The van der Waals surface area contributed by atoms with Gasteiger partial charge in [-0.2, -0.15) is 0 Å². The summed E-state index contributed by atoms with van der Waals surface area (Å²) in [6.07, 6.45) is 0. The van der Waals surface area contributed by atoms with Crippen LogP contribution in [0.4, 0.5) is 11.4 Å². The third-order valence-corrected chi connectivity index (χ3v) is 6.64. The van der Waals surface area contributed by atoms with Gasteiger partial charge in [0.05, 0.1) is 21.3 Å². The highest BCUT2D eigenvalue weighted by molar-refractivity contribution is 7.92. The van der Waals surface area contributed by atoms with E-state index in [2.05, 4.69) is 5.32 Å². The van der Waals surface area contributed by atoms with Gasteiger partial charge >= 0.3 is 0 Å². The lowest BCUT2D eigenvalue weighted by atomic mass is 10.2. The fourth-order valence-electron chi connectivity index (χ4n) is 2.71. The highest BCUT2D eigenvalue weighted by Crippen LogP contribution is 2.27. The van der Waals surface area contributed by atoms with Crippen LogP contribution in [-0.2, 0) is 10.0 Å². The van der Waals surface area contributed by atoms with Crippen LogP contribution < -0.4 is 9.62 Å². The van der Waals surface area contributed by atoms with Crippen LogP contribution in [0.15, 0.2) is 71.6 Å². The van der Waals surface area contributed by atoms with Crippen LogP contribution in [0.1, 0.15) is 15.9 Å². The summed E-state index contributed by atoms with van der Waals surface area (Å²) in [6, 6.07) is 17.7. The summed E-state index contributed by atoms with van der Waals surface area (Å²) in [5.74, 6) is -0.496. The van der Waals surface area contributed by atoms with Gasteiger partial charge in [-0.1, -0.05) is 41.4 Å². The highest BCUT2D eigenvalue weighted by atomic mass is 35.5. The molecule has 29 heavy (non-hydrogen) atoms. The molecule has 150 valence electrons. The van der Waals surface area contributed by atoms with E-state index >= 15 is 0 Å². The van der Waals surface area contributed by atoms with Crippen molar-refractivity contribution in [2.24, 2.45) is 0 Å². The first-order valence-electron chi connectivity index (χ1n) is 8.60. The Morgan fingerprint density at radius 1 is 0.966 bits per heavy atom. The van der Waals surface area contributed by atoms with E-state index in [0.29, 0.717) is 21.4 Å².